The van der Waals surface area contributed by atoms with Crippen molar-refractivity contribution in [3.8, 4) is 0 Å². The molecule has 1 aliphatic carbocycles. The average molecular weight is 297 g/mol. The van der Waals surface area contributed by atoms with Crippen LogP contribution in [0.4, 0.5) is 0 Å². The second kappa shape index (κ2) is 5.83. The molecule has 0 N–H and O–H groups in total. The summed E-state index contributed by atoms with van der Waals surface area (Å²) in [6.07, 6.45) is 8.09. The molecule has 1 saturated carbocycles. The van der Waals surface area contributed by atoms with Crippen molar-refractivity contribution in [1.29, 1.82) is 0 Å². The van der Waals surface area contributed by atoms with Gasteiger partial charge in [-0.1, -0.05) is 36.2 Å². The number of hydrogen-bond donors (Lipinski definition) is 0. The fourth-order valence-corrected chi connectivity index (χ4v) is 3.15. The lowest BCUT2D eigenvalue weighted by atomic mass is 10.3. The van der Waals surface area contributed by atoms with E-state index < -0.39 is 0 Å². The largest absolute Gasteiger partial charge is 0.256 e. The normalized spacial score (nSPS) is 16.1. The monoisotopic (exact) mass is 296 g/mol. The highest BCUT2D eigenvalue weighted by Gasteiger charge is 2.21. The van der Waals surface area contributed by atoms with E-state index in [2.05, 4.69) is 25.5 Å². The van der Waals surface area contributed by atoms with Gasteiger partial charge >= 0.3 is 0 Å². The zero-order valence-corrected chi connectivity index (χ0v) is 11.8. The van der Waals surface area contributed by atoms with Crippen molar-refractivity contribution in [2.75, 3.05) is 0 Å². The SMILES string of the molecule is Clc1cnc(CSc2nnnn2C2CCCC2)cn1. The third-order valence-electron chi connectivity index (χ3n) is 3.16. The van der Waals surface area contributed by atoms with Gasteiger partial charge in [-0.2, -0.15) is 0 Å². The number of thioether (sulfide) groups is 1. The zero-order valence-electron chi connectivity index (χ0n) is 10.2. The quantitative estimate of drug-likeness (QED) is 0.808. The molecule has 0 atom stereocenters. The fourth-order valence-electron chi connectivity index (χ4n) is 2.21. The minimum atomic E-state index is 0.407. The molecule has 2 aromatic heterocycles. The molecule has 0 amide bonds. The van der Waals surface area contributed by atoms with Crippen LogP contribution in [0.15, 0.2) is 17.6 Å². The summed E-state index contributed by atoms with van der Waals surface area (Å²) in [5, 5.41) is 13.2. The second-order valence-electron chi connectivity index (χ2n) is 4.46. The Balaban J connectivity index is 1.66. The summed E-state index contributed by atoms with van der Waals surface area (Å²) in [4.78, 5) is 8.22. The number of halogens is 1. The molecule has 0 radical (unpaired) electrons. The lowest BCUT2D eigenvalue weighted by molar-refractivity contribution is 0.423. The van der Waals surface area contributed by atoms with Crippen LogP contribution in [0.25, 0.3) is 0 Å². The van der Waals surface area contributed by atoms with Gasteiger partial charge in [0.2, 0.25) is 5.16 Å². The first-order valence-electron chi connectivity index (χ1n) is 6.20. The molecule has 0 unspecified atom stereocenters. The van der Waals surface area contributed by atoms with E-state index in [0.717, 1.165) is 10.9 Å². The molecule has 2 aromatic rings. The van der Waals surface area contributed by atoms with Gasteiger partial charge in [-0.15, -0.1) is 5.10 Å². The maximum absolute atomic E-state index is 5.71. The molecule has 19 heavy (non-hydrogen) atoms. The zero-order chi connectivity index (χ0) is 13.1. The van der Waals surface area contributed by atoms with Gasteiger partial charge in [-0.05, 0) is 23.3 Å². The molecule has 0 aliphatic heterocycles. The Hall–Kier alpha value is -1.21. The lowest BCUT2D eigenvalue weighted by Crippen LogP contribution is -2.08. The van der Waals surface area contributed by atoms with Crippen molar-refractivity contribution in [2.24, 2.45) is 0 Å². The van der Waals surface area contributed by atoms with Crippen molar-refractivity contribution in [3.63, 3.8) is 0 Å². The smallest absolute Gasteiger partial charge is 0.209 e. The number of aromatic nitrogens is 6. The van der Waals surface area contributed by atoms with Gasteiger partial charge < -0.3 is 0 Å². The summed E-state index contributed by atoms with van der Waals surface area (Å²) in [6, 6.07) is 0.453. The maximum atomic E-state index is 5.71. The van der Waals surface area contributed by atoms with Crippen molar-refractivity contribution in [3.05, 3.63) is 23.2 Å². The predicted molar refractivity (Wildman–Crippen MR) is 71.9 cm³/mol. The van der Waals surface area contributed by atoms with E-state index in [-0.39, 0.29) is 0 Å². The number of tetrazole rings is 1. The summed E-state index contributed by atoms with van der Waals surface area (Å²) >= 11 is 7.29. The summed E-state index contributed by atoms with van der Waals surface area (Å²) in [7, 11) is 0. The van der Waals surface area contributed by atoms with Gasteiger partial charge in [-0.3, -0.25) is 4.98 Å². The molecule has 3 rings (SSSR count). The summed E-state index contributed by atoms with van der Waals surface area (Å²) in [5.74, 6) is 0.692. The molecule has 100 valence electrons. The Labute approximate surface area is 120 Å². The Kier molecular flexibility index (Phi) is 3.93. The van der Waals surface area contributed by atoms with E-state index in [1.54, 1.807) is 24.2 Å². The van der Waals surface area contributed by atoms with E-state index >= 15 is 0 Å². The Bertz CT molecular complexity index is 536. The Morgan fingerprint density at radius 3 is 2.84 bits per heavy atom. The van der Waals surface area contributed by atoms with Crippen LogP contribution < -0.4 is 0 Å². The first-order valence-corrected chi connectivity index (χ1v) is 7.56. The van der Waals surface area contributed by atoms with Crippen LogP contribution in [-0.4, -0.2) is 30.2 Å². The lowest BCUT2D eigenvalue weighted by Gasteiger charge is -2.10. The standard InChI is InChI=1S/C11H13ClN6S/c12-10-6-13-8(5-14-10)7-19-11-15-16-17-18(11)9-3-1-2-4-9/h5-6,9H,1-4,7H2. The van der Waals surface area contributed by atoms with E-state index in [1.165, 1.54) is 25.7 Å². The van der Waals surface area contributed by atoms with Crippen LogP contribution in [0, 0.1) is 0 Å². The molecule has 0 aromatic carbocycles. The van der Waals surface area contributed by atoms with Gasteiger partial charge in [0.05, 0.1) is 24.1 Å². The van der Waals surface area contributed by atoms with Crippen molar-refractivity contribution >= 4 is 23.4 Å². The highest BCUT2D eigenvalue weighted by molar-refractivity contribution is 7.98. The third kappa shape index (κ3) is 3.03. The third-order valence-corrected chi connectivity index (χ3v) is 4.32. The molecule has 6 nitrogen and oxygen atoms in total. The van der Waals surface area contributed by atoms with E-state index in [4.69, 9.17) is 11.6 Å². The molecule has 0 spiro atoms. The molecular formula is C11H13ClN6S. The van der Waals surface area contributed by atoms with Crippen molar-refractivity contribution < 1.29 is 0 Å². The number of rotatable bonds is 4. The van der Waals surface area contributed by atoms with Gasteiger partial charge in [-0.25, -0.2) is 9.67 Å². The van der Waals surface area contributed by atoms with Gasteiger partial charge in [0.15, 0.2) is 0 Å². The van der Waals surface area contributed by atoms with Gasteiger partial charge in [0.1, 0.15) is 5.15 Å². The predicted octanol–water partition coefficient (Wildman–Crippen LogP) is 2.52. The van der Waals surface area contributed by atoms with Crippen molar-refractivity contribution in [2.45, 2.75) is 42.6 Å². The molecule has 8 heteroatoms. The Morgan fingerprint density at radius 1 is 1.26 bits per heavy atom. The van der Waals surface area contributed by atoms with Crippen LogP contribution in [0.1, 0.15) is 37.4 Å². The van der Waals surface area contributed by atoms with Crippen molar-refractivity contribution in [1.82, 2.24) is 30.2 Å². The number of hydrogen-bond acceptors (Lipinski definition) is 6. The molecule has 2 heterocycles. The minimum absolute atomic E-state index is 0.407. The van der Waals surface area contributed by atoms with Gasteiger partial charge in [0.25, 0.3) is 0 Å². The highest BCUT2D eigenvalue weighted by atomic mass is 35.5. The Morgan fingerprint density at radius 2 is 2.11 bits per heavy atom. The summed E-state index contributed by atoms with van der Waals surface area (Å²) in [6.45, 7) is 0. The molecular weight excluding hydrogens is 284 g/mol. The summed E-state index contributed by atoms with van der Waals surface area (Å²) in [5.41, 5.74) is 0.871. The molecule has 0 saturated heterocycles. The van der Waals surface area contributed by atoms with E-state index in [1.807, 2.05) is 4.68 Å². The van der Waals surface area contributed by atoms with Crippen LogP contribution >= 0.6 is 23.4 Å². The average Bonchev–Trinajstić information content (AvgIpc) is 3.08. The highest BCUT2D eigenvalue weighted by Crippen LogP contribution is 2.31. The first-order chi connectivity index (χ1) is 9.33. The topological polar surface area (TPSA) is 69.4 Å². The fraction of sp³-hybridized carbons (Fsp3) is 0.545. The van der Waals surface area contributed by atoms with E-state index in [9.17, 15) is 0 Å². The minimum Gasteiger partial charge on any atom is -0.256 e. The van der Waals surface area contributed by atoms with Crippen LogP contribution in [-0.2, 0) is 5.75 Å². The number of nitrogens with zero attached hydrogens (tertiary/aromatic N) is 6. The van der Waals surface area contributed by atoms with Crippen LogP contribution in [0.3, 0.4) is 0 Å². The maximum Gasteiger partial charge on any atom is 0.209 e. The molecule has 1 aliphatic rings. The molecule has 1 fully saturated rings. The van der Waals surface area contributed by atoms with Crippen LogP contribution in [0.5, 0.6) is 0 Å². The van der Waals surface area contributed by atoms with Crippen LogP contribution in [0.2, 0.25) is 5.15 Å². The van der Waals surface area contributed by atoms with E-state index in [0.29, 0.717) is 16.9 Å². The second-order valence-corrected chi connectivity index (χ2v) is 5.79. The van der Waals surface area contributed by atoms with Gasteiger partial charge in [0, 0.05) is 5.75 Å². The first kappa shape index (κ1) is 12.8. The molecule has 0 bridgehead atoms. The summed E-state index contributed by atoms with van der Waals surface area (Å²) < 4.78 is 1.95.